The van der Waals surface area contributed by atoms with E-state index in [-0.39, 0.29) is 23.1 Å². The second kappa shape index (κ2) is 6.62. The number of benzene rings is 1. The fourth-order valence-electron chi connectivity index (χ4n) is 2.94. The first kappa shape index (κ1) is 17.7. The van der Waals surface area contributed by atoms with Crippen molar-refractivity contribution in [2.24, 2.45) is 14.1 Å². The average Bonchev–Trinajstić information content (AvgIpc) is 3.09. The second-order valence-electron chi connectivity index (χ2n) is 6.35. The number of imidazole rings is 1. The molecule has 0 saturated heterocycles. The van der Waals surface area contributed by atoms with E-state index in [0.29, 0.717) is 0 Å². The summed E-state index contributed by atoms with van der Waals surface area (Å²) in [6.45, 7) is 3.59. The maximum Gasteiger partial charge on any atom is 0.332 e. The highest BCUT2D eigenvalue weighted by Crippen LogP contribution is 2.16. The molecule has 3 rings (SSSR count). The molecule has 2 heterocycles. The predicted octanol–water partition coefficient (Wildman–Crippen LogP) is 0.872. The SMILES string of the molecule is C[C@H](C(=O)N[C@H](C)c1ccccc1)n1cnc2c1c(=O)n(C)c(=O)n2C. The van der Waals surface area contributed by atoms with Gasteiger partial charge in [0.1, 0.15) is 6.04 Å². The van der Waals surface area contributed by atoms with E-state index < -0.39 is 17.3 Å². The smallest absolute Gasteiger partial charge is 0.332 e. The molecule has 0 saturated carbocycles. The summed E-state index contributed by atoms with van der Waals surface area (Å²) in [6.07, 6.45) is 1.42. The first-order valence-electron chi connectivity index (χ1n) is 8.30. The number of aromatic nitrogens is 4. The van der Waals surface area contributed by atoms with Gasteiger partial charge in [0.2, 0.25) is 5.91 Å². The topological polar surface area (TPSA) is 90.9 Å². The molecule has 0 bridgehead atoms. The fourth-order valence-corrected chi connectivity index (χ4v) is 2.94. The number of hydrogen-bond acceptors (Lipinski definition) is 4. The summed E-state index contributed by atoms with van der Waals surface area (Å²) in [5, 5.41) is 2.94. The Hall–Kier alpha value is -3.16. The van der Waals surface area contributed by atoms with E-state index in [1.54, 1.807) is 14.0 Å². The molecular formula is C18H21N5O3. The largest absolute Gasteiger partial charge is 0.348 e. The number of fused-ring (bicyclic) bond motifs is 1. The lowest BCUT2D eigenvalue weighted by molar-refractivity contribution is -0.124. The fraction of sp³-hybridized carbons (Fsp3) is 0.333. The van der Waals surface area contributed by atoms with Gasteiger partial charge in [0.05, 0.1) is 12.4 Å². The molecule has 3 aromatic rings. The summed E-state index contributed by atoms with van der Waals surface area (Å²) >= 11 is 0. The van der Waals surface area contributed by atoms with Crippen LogP contribution in [0.3, 0.4) is 0 Å². The quantitative estimate of drug-likeness (QED) is 0.752. The Kier molecular flexibility index (Phi) is 4.50. The highest BCUT2D eigenvalue weighted by molar-refractivity contribution is 5.82. The number of carbonyl (C=O) groups is 1. The van der Waals surface area contributed by atoms with Crippen LogP contribution in [0.25, 0.3) is 11.2 Å². The second-order valence-corrected chi connectivity index (χ2v) is 6.35. The number of amides is 1. The van der Waals surface area contributed by atoms with Crippen molar-refractivity contribution in [1.82, 2.24) is 24.0 Å². The minimum absolute atomic E-state index is 0.173. The standard InChI is InChI=1S/C18H21N5O3/c1-11(13-8-6-5-7-9-13)20-16(24)12(2)23-10-19-15-14(23)17(25)22(4)18(26)21(15)3/h5-12H,1-4H3,(H,20,24)/t11-,12-/m1/s1. The summed E-state index contributed by atoms with van der Waals surface area (Å²) in [5.74, 6) is -0.239. The third-order valence-corrected chi connectivity index (χ3v) is 4.63. The van der Waals surface area contributed by atoms with Crippen LogP contribution >= 0.6 is 0 Å². The molecule has 0 aliphatic rings. The molecule has 0 spiro atoms. The zero-order chi connectivity index (χ0) is 19.0. The Morgan fingerprint density at radius 2 is 1.73 bits per heavy atom. The van der Waals surface area contributed by atoms with Crippen molar-refractivity contribution in [2.75, 3.05) is 0 Å². The lowest BCUT2D eigenvalue weighted by Gasteiger charge is -2.19. The van der Waals surface area contributed by atoms with Gasteiger partial charge in [-0.2, -0.15) is 0 Å². The van der Waals surface area contributed by atoms with Crippen molar-refractivity contribution in [2.45, 2.75) is 25.9 Å². The number of hydrogen-bond donors (Lipinski definition) is 1. The molecule has 1 amide bonds. The number of aryl methyl sites for hydroxylation is 1. The van der Waals surface area contributed by atoms with Crippen LogP contribution in [-0.4, -0.2) is 24.6 Å². The number of nitrogens with zero attached hydrogens (tertiary/aromatic N) is 4. The molecule has 0 aliphatic carbocycles. The maximum atomic E-state index is 12.7. The Morgan fingerprint density at radius 3 is 2.38 bits per heavy atom. The van der Waals surface area contributed by atoms with Crippen molar-refractivity contribution in [1.29, 1.82) is 0 Å². The van der Waals surface area contributed by atoms with Crippen LogP contribution in [-0.2, 0) is 18.9 Å². The van der Waals surface area contributed by atoms with Gasteiger partial charge in [0, 0.05) is 14.1 Å². The number of carbonyl (C=O) groups excluding carboxylic acids is 1. The molecule has 0 aliphatic heterocycles. The van der Waals surface area contributed by atoms with Gasteiger partial charge in [-0.25, -0.2) is 9.78 Å². The Labute approximate surface area is 149 Å². The van der Waals surface area contributed by atoms with Gasteiger partial charge >= 0.3 is 5.69 Å². The summed E-state index contributed by atoms with van der Waals surface area (Å²) in [7, 11) is 2.95. The van der Waals surface area contributed by atoms with Gasteiger partial charge in [0.15, 0.2) is 11.2 Å². The van der Waals surface area contributed by atoms with Crippen molar-refractivity contribution in [3.05, 3.63) is 63.1 Å². The first-order chi connectivity index (χ1) is 12.3. The van der Waals surface area contributed by atoms with Crippen molar-refractivity contribution in [3.8, 4) is 0 Å². The normalized spacial score (nSPS) is 13.5. The zero-order valence-corrected chi connectivity index (χ0v) is 15.1. The van der Waals surface area contributed by atoms with E-state index in [4.69, 9.17) is 0 Å². The molecule has 0 radical (unpaired) electrons. The zero-order valence-electron chi connectivity index (χ0n) is 15.1. The molecule has 0 unspecified atom stereocenters. The van der Waals surface area contributed by atoms with E-state index >= 15 is 0 Å². The Balaban J connectivity index is 1.95. The van der Waals surface area contributed by atoms with Crippen LogP contribution in [0, 0.1) is 0 Å². The predicted molar refractivity (Wildman–Crippen MR) is 97.9 cm³/mol. The van der Waals surface area contributed by atoms with E-state index in [0.717, 1.165) is 10.1 Å². The van der Waals surface area contributed by atoms with Gasteiger partial charge in [-0.05, 0) is 19.4 Å². The van der Waals surface area contributed by atoms with Gasteiger partial charge in [-0.1, -0.05) is 30.3 Å². The van der Waals surface area contributed by atoms with E-state index in [1.165, 1.54) is 22.5 Å². The minimum atomic E-state index is -0.656. The van der Waals surface area contributed by atoms with Gasteiger partial charge in [0.25, 0.3) is 5.56 Å². The van der Waals surface area contributed by atoms with Crippen molar-refractivity contribution >= 4 is 17.1 Å². The van der Waals surface area contributed by atoms with Crippen LogP contribution in [0.15, 0.2) is 46.2 Å². The number of nitrogens with one attached hydrogen (secondary N) is 1. The molecule has 0 fully saturated rings. The highest BCUT2D eigenvalue weighted by Gasteiger charge is 2.23. The van der Waals surface area contributed by atoms with E-state index in [2.05, 4.69) is 10.3 Å². The molecule has 8 heteroatoms. The summed E-state index contributed by atoms with van der Waals surface area (Å²) < 4.78 is 3.81. The van der Waals surface area contributed by atoms with Gasteiger partial charge in [-0.3, -0.25) is 18.7 Å². The van der Waals surface area contributed by atoms with Crippen LogP contribution < -0.4 is 16.6 Å². The summed E-state index contributed by atoms with van der Waals surface area (Å²) in [6, 6.07) is 8.79. The monoisotopic (exact) mass is 355 g/mol. The average molecular weight is 355 g/mol. The minimum Gasteiger partial charge on any atom is -0.348 e. The maximum absolute atomic E-state index is 12.7. The summed E-state index contributed by atoms with van der Waals surface area (Å²) in [4.78, 5) is 41.4. The van der Waals surface area contributed by atoms with Crippen LogP contribution in [0.4, 0.5) is 0 Å². The Bertz CT molecular complexity index is 1080. The molecule has 1 N–H and O–H groups in total. The van der Waals surface area contributed by atoms with Gasteiger partial charge < -0.3 is 9.88 Å². The molecule has 26 heavy (non-hydrogen) atoms. The van der Waals surface area contributed by atoms with Crippen LogP contribution in [0.2, 0.25) is 0 Å². The third-order valence-electron chi connectivity index (χ3n) is 4.63. The molecule has 2 atom stereocenters. The van der Waals surface area contributed by atoms with Crippen molar-refractivity contribution in [3.63, 3.8) is 0 Å². The molecule has 136 valence electrons. The summed E-state index contributed by atoms with van der Waals surface area (Å²) in [5.41, 5.74) is 0.541. The van der Waals surface area contributed by atoms with E-state index in [9.17, 15) is 14.4 Å². The Morgan fingerprint density at radius 1 is 1.08 bits per heavy atom. The van der Waals surface area contributed by atoms with Gasteiger partial charge in [-0.15, -0.1) is 0 Å². The first-order valence-corrected chi connectivity index (χ1v) is 8.30. The molecular weight excluding hydrogens is 334 g/mol. The lowest BCUT2D eigenvalue weighted by Crippen LogP contribution is -2.39. The van der Waals surface area contributed by atoms with E-state index in [1.807, 2.05) is 37.3 Å². The molecule has 1 aromatic carbocycles. The highest BCUT2D eigenvalue weighted by atomic mass is 16.2. The van der Waals surface area contributed by atoms with Crippen molar-refractivity contribution < 1.29 is 4.79 Å². The molecule has 2 aromatic heterocycles. The lowest BCUT2D eigenvalue weighted by atomic mass is 10.1. The van der Waals surface area contributed by atoms with Crippen LogP contribution in [0.5, 0.6) is 0 Å². The van der Waals surface area contributed by atoms with Crippen LogP contribution in [0.1, 0.15) is 31.5 Å². The third kappa shape index (κ3) is 2.83. The number of rotatable bonds is 4. The molecule has 8 nitrogen and oxygen atoms in total.